The summed E-state index contributed by atoms with van der Waals surface area (Å²) in [6, 6.07) is 40.9. The van der Waals surface area contributed by atoms with Crippen molar-refractivity contribution in [3.8, 4) is 39.5 Å². The minimum absolute atomic E-state index is 0.228. The molecule has 0 bridgehead atoms. The quantitative estimate of drug-likeness (QED) is 0.247. The van der Waals surface area contributed by atoms with Gasteiger partial charge in [-0.05, 0) is 68.7 Å². The van der Waals surface area contributed by atoms with Gasteiger partial charge < -0.3 is 5.11 Å². The molecule has 4 nitrogen and oxygen atoms in total. The van der Waals surface area contributed by atoms with Crippen LogP contribution in [0.1, 0.15) is 0 Å². The van der Waals surface area contributed by atoms with E-state index < -0.39 is 0 Å². The van der Waals surface area contributed by atoms with Gasteiger partial charge in [-0.2, -0.15) is 0 Å². The lowest BCUT2D eigenvalue weighted by Gasteiger charge is -2.15. The van der Waals surface area contributed by atoms with Crippen LogP contribution in [0, 0.1) is 0 Å². The Morgan fingerprint density at radius 2 is 1.15 bits per heavy atom. The number of rotatable bonds is 3. The van der Waals surface area contributed by atoms with Gasteiger partial charge in [0, 0.05) is 22.1 Å². The molecule has 2 aromatic heterocycles. The summed E-state index contributed by atoms with van der Waals surface area (Å²) < 4.78 is 0. The third-order valence-corrected chi connectivity index (χ3v) is 7.58. The number of phenolic OH excluding ortho intramolecular Hbond substituents is 1. The van der Waals surface area contributed by atoms with Gasteiger partial charge in [-0.1, -0.05) is 84.9 Å². The van der Waals surface area contributed by atoms with Crippen molar-refractivity contribution >= 4 is 43.2 Å². The van der Waals surface area contributed by atoms with Gasteiger partial charge in [0.05, 0.1) is 22.6 Å². The third-order valence-electron chi connectivity index (χ3n) is 7.58. The molecule has 4 heteroatoms. The smallest absolute Gasteiger partial charge is 0.126 e. The number of hydrogen-bond donors (Lipinski definition) is 1. The van der Waals surface area contributed by atoms with Crippen LogP contribution in [0.2, 0.25) is 0 Å². The maximum absolute atomic E-state index is 11.2. The molecule has 1 N–H and O–H groups in total. The number of fused-ring (bicyclic) bond motifs is 1. The Hall–Kier alpha value is -5.35. The highest BCUT2D eigenvalue weighted by Gasteiger charge is 2.17. The summed E-state index contributed by atoms with van der Waals surface area (Å²) in [5.74, 6) is 0.228. The molecule has 0 radical (unpaired) electrons. The van der Waals surface area contributed by atoms with Crippen molar-refractivity contribution in [3.05, 3.63) is 121 Å². The first-order valence-corrected chi connectivity index (χ1v) is 12.9. The lowest BCUT2D eigenvalue weighted by molar-refractivity contribution is 0.478. The van der Waals surface area contributed by atoms with Gasteiger partial charge in [0.1, 0.15) is 5.75 Å². The summed E-state index contributed by atoms with van der Waals surface area (Å²) in [6.07, 6.45) is 0. The van der Waals surface area contributed by atoms with Crippen LogP contribution in [0.3, 0.4) is 0 Å². The van der Waals surface area contributed by atoms with E-state index in [0.29, 0.717) is 0 Å². The Kier molecular flexibility index (Phi) is 4.64. The molecule has 39 heavy (non-hydrogen) atoms. The topological polar surface area (TPSA) is 58.9 Å². The van der Waals surface area contributed by atoms with Crippen LogP contribution < -0.4 is 0 Å². The lowest BCUT2D eigenvalue weighted by Crippen LogP contribution is -1.93. The van der Waals surface area contributed by atoms with E-state index in [2.05, 4.69) is 64.8 Å². The van der Waals surface area contributed by atoms with E-state index in [-0.39, 0.29) is 5.75 Å². The van der Waals surface area contributed by atoms with Gasteiger partial charge in [-0.15, -0.1) is 10.2 Å². The Bertz CT molecular complexity index is 2190. The average Bonchev–Trinajstić information content (AvgIpc) is 2.99. The zero-order chi connectivity index (χ0) is 25.9. The molecule has 0 fully saturated rings. The van der Waals surface area contributed by atoms with Crippen LogP contribution in [0.25, 0.3) is 77.0 Å². The molecule has 0 saturated carbocycles. The van der Waals surface area contributed by atoms with E-state index in [1.165, 1.54) is 16.2 Å². The minimum Gasteiger partial charge on any atom is -0.507 e. The third kappa shape index (κ3) is 3.42. The molecule has 182 valence electrons. The second-order valence-corrected chi connectivity index (χ2v) is 9.90. The van der Waals surface area contributed by atoms with Gasteiger partial charge in [-0.3, -0.25) is 0 Å². The molecule has 8 aromatic rings. The number of nitrogens with zero attached hydrogens (tertiary/aromatic N) is 3. The van der Waals surface area contributed by atoms with E-state index in [9.17, 15) is 5.11 Å². The van der Waals surface area contributed by atoms with Gasteiger partial charge in [0.2, 0.25) is 0 Å². The maximum Gasteiger partial charge on any atom is 0.126 e. The summed E-state index contributed by atoms with van der Waals surface area (Å²) >= 11 is 0. The molecule has 0 atom stereocenters. The summed E-state index contributed by atoms with van der Waals surface area (Å²) in [5.41, 5.74) is 5.95. The predicted molar refractivity (Wildman–Crippen MR) is 159 cm³/mol. The van der Waals surface area contributed by atoms with Crippen molar-refractivity contribution in [1.29, 1.82) is 0 Å². The molecule has 6 aromatic carbocycles. The molecule has 0 amide bonds. The van der Waals surface area contributed by atoms with Gasteiger partial charge in [0.25, 0.3) is 0 Å². The number of hydrogen-bond acceptors (Lipinski definition) is 4. The average molecular weight is 500 g/mol. The monoisotopic (exact) mass is 499 g/mol. The van der Waals surface area contributed by atoms with Crippen LogP contribution in [-0.2, 0) is 0 Å². The SMILES string of the molecule is Oc1cc2ccc3cccc4ccc(c1-c1cccc(-c5cccc(-c6cc7ccccc7nn6)c5)n1)c2c34. The highest BCUT2D eigenvalue weighted by atomic mass is 16.3. The summed E-state index contributed by atoms with van der Waals surface area (Å²) in [6.45, 7) is 0. The number of aromatic nitrogens is 3. The summed E-state index contributed by atoms with van der Waals surface area (Å²) in [5, 5.41) is 27.9. The van der Waals surface area contributed by atoms with Crippen LogP contribution in [0.4, 0.5) is 0 Å². The van der Waals surface area contributed by atoms with E-state index in [4.69, 9.17) is 4.98 Å². The first-order chi connectivity index (χ1) is 19.2. The molecule has 0 aliphatic carbocycles. The molecule has 0 spiro atoms. The molecule has 8 rings (SSSR count). The number of aromatic hydroxyl groups is 1. The van der Waals surface area contributed by atoms with Gasteiger partial charge >= 0.3 is 0 Å². The van der Waals surface area contributed by atoms with Crippen molar-refractivity contribution in [2.45, 2.75) is 0 Å². The summed E-state index contributed by atoms with van der Waals surface area (Å²) in [4.78, 5) is 5.05. The van der Waals surface area contributed by atoms with E-state index in [1.54, 1.807) is 0 Å². The Morgan fingerprint density at radius 3 is 2.05 bits per heavy atom. The van der Waals surface area contributed by atoms with E-state index in [1.807, 2.05) is 66.7 Å². The molecule has 0 aliphatic heterocycles. The first-order valence-electron chi connectivity index (χ1n) is 12.9. The Morgan fingerprint density at radius 1 is 0.462 bits per heavy atom. The Balaban J connectivity index is 1.28. The normalized spacial score (nSPS) is 11.7. The van der Waals surface area contributed by atoms with Crippen molar-refractivity contribution in [2.75, 3.05) is 0 Å². The van der Waals surface area contributed by atoms with Gasteiger partial charge in [0.15, 0.2) is 0 Å². The maximum atomic E-state index is 11.2. The summed E-state index contributed by atoms with van der Waals surface area (Å²) in [7, 11) is 0. The lowest BCUT2D eigenvalue weighted by atomic mass is 9.90. The van der Waals surface area contributed by atoms with Crippen molar-refractivity contribution in [2.24, 2.45) is 0 Å². The fraction of sp³-hybridized carbons (Fsp3) is 0. The molecular weight excluding hydrogens is 478 g/mol. The minimum atomic E-state index is 0.228. The Labute approximate surface area is 224 Å². The molecule has 2 heterocycles. The number of phenols is 1. The second kappa shape index (κ2) is 8.33. The fourth-order valence-electron chi connectivity index (χ4n) is 5.76. The standard InChI is InChI=1S/C35H21N3O/c39-32-20-26-15-14-21-7-3-8-22-16-17-27(34(26)33(21)22)35(32)30-13-5-12-28(36-30)23-9-4-10-24(18-23)31-19-25-6-1-2-11-29(25)37-38-31/h1-20,39H. The second-order valence-electron chi connectivity index (χ2n) is 9.90. The zero-order valence-electron chi connectivity index (χ0n) is 20.8. The first kappa shape index (κ1) is 21.7. The van der Waals surface area contributed by atoms with Crippen LogP contribution >= 0.6 is 0 Å². The molecule has 0 aliphatic rings. The van der Waals surface area contributed by atoms with E-state index >= 15 is 0 Å². The number of benzene rings is 6. The van der Waals surface area contributed by atoms with Crippen molar-refractivity contribution in [3.63, 3.8) is 0 Å². The van der Waals surface area contributed by atoms with Crippen LogP contribution in [0.5, 0.6) is 5.75 Å². The fourth-order valence-corrected chi connectivity index (χ4v) is 5.76. The van der Waals surface area contributed by atoms with Crippen LogP contribution in [-0.4, -0.2) is 20.3 Å². The highest BCUT2D eigenvalue weighted by molar-refractivity contribution is 6.26. The van der Waals surface area contributed by atoms with Crippen LogP contribution in [0.15, 0.2) is 121 Å². The number of pyridine rings is 1. The molecule has 0 unspecified atom stereocenters. The zero-order valence-corrected chi connectivity index (χ0v) is 20.8. The van der Waals surface area contributed by atoms with E-state index in [0.717, 1.165) is 60.8 Å². The van der Waals surface area contributed by atoms with Crippen molar-refractivity contribution < 1.29 is 5.11 Å². The highest BCUT2D eigenvalue weighted by Crippen LogP contribution is 2.43. The molecule has 0 saturated heterocycles. The van der Waals surface area contributed by atoms with Crippen molar-refractivity contribution in [1.82, 2.24) is 15.2 Å². The van der Waals surface area contributed by atoms with Gasteiger partial charge in [-0.25, -0.2) is 4.98 Å². The molecular formula is C35H21N3O. The predicted octanol–water partition coefficient (Wildman–Crippen LogP) is 8.63. The largest absolute Gasteiger partial charge is 0.507 e.